The molecule has 6 heteroatoms. The number of halogens is 2. The highest BCUT2D eigenvalue weighted by molar-refractivity contribution is 9.11. The Kier molecular flexibility index (Phi) is 3.82. The molecule has 0 radical (unpaired) electrons. The van der Waals surface area contributed by atoms with Crippen molar-refractivity contribution in [3.8, 4) is 0 Å². The van der Waals surface area contributed by atoms with E-state index in [0.717, 1.165) is 15.6 Å². The van der Waals surface area contributed by atoms with Gasteiger partial charge in [-0.15, -0.1) is 0 Å². The van der Waals surface area contributed by atoms with Crippen molar-refractivity contribution >= 4 is 42.9 Å². The van der Waals surface area contributed by atoms with Crippen molar-refractivity contribution in [1.82, 2.24) is 9.97 Å². The Labute approximate surface area is 136 Å². The Bertz CT molecular complexity index is 931. The van der Waals surface area contributed by atoms with Crippen LogP contribution in [0.5, 0.6) is 0 Å². The summed E-state index contributed by atoms with van der Waals surface area (Å²) in [7, 11) is 0. The fraction of sp³-hybridized carbons (Fsp3) is 0.0667. The number of hydrogen-bond acceptors (Lipinski definition) is 2. The fourth-order valence-corrected chi connectivity index (χ4v) is 3.66. The molecule has 0 bridgehead atoms. The molecule has 21 heavy (non-hydrogen) atoms. The Morgan fingerprint density at radius 2 is 1.57 bits per heavy atom. The van der Waals surface area contributed by atoms with Crippen molar-refractivity contribution in [3.63, 3.8) is 0 Å². The quantitative estimate of drug-likeness (QED) is 0.502. The summed E-state index contributed by atoms with van der Waals surface area (Å²) < 4.78 is 1.00. The van der Waals surface area contributed by atoms with Gasteiger partial charge in [-0.1, -0.05) is 56.1 Å². The lowest BCUT2D eigenvalue weighted by molar-refractivity contribution is 1.12. The number of aromatic amines is 2. The third kappa shape index (κ3) is 2.73. The Balaban J connectivity index is 2.13. The molecule has 106 valence electrons. The highest BCUT2D eigenvalue weighted by Crippen LogP contribution is 2.35. The second-order valence-corrected chi connectivity index (χ2v) is 6.37. The third-order valence-corrected chi connectivity index (χ3v) is 4.96. The SMILES string of the molecule is O=c1[nH]c2ccc(C(Br)c3ccccc3Br)cc2[nH]c1=O. The van der Waals surface area contributed by atoms with E-state index in [1.807, 2.05) is 36.4 Å². The zero-order valence-corrected chi connectivity index (χ0v) is 13.9. The lowest BCUT2D eigenvalue weighted by atomic mass is 10.0. The van der Waals surface area contributed by atoms with E-state index < -0.39 is 11.1 Å². The predicted molar refractivity (Wildman–Crippen MR) is 90.1 cm³/mol. The molecule has 1 atom stereocenters. The molecule has 1 heterocycles. The lowest BCUT2D eigenvalue weighted by Crippen LogP contribution is -2.28. The van der Waals surface area contributed by atoms with Gasteiger partial charge in [-0.05, 0) is 29.3 Å². The van der Waals surface area contributed by atoms with E-state index >= 15 is 0 Å². The maximum atomic E-state index is 11.4. The summed E-state index contributed by atoms with van der Waals surface area (Å²) in [5, 5.41) is 0. The summed E-state index contributed by atoms with van der Waals surface area (Å²) in [4.78, 5) is 27.8. The standard InChI is InChI=1S/C15H10Br2N2O2/c16-10-4-2-1-3-9(10)13(17)8-5-6-11-12(7-8)19-15(21)14(20)18-11/h1-7,13H,(H,18,20)(H,19,21). The Hall–Kier alpha value is -1.66. The van der Waals surface area contributed by atoms with Gasteiger partial charge in [0.1, 0.15) is 0 Å². The van der Waals surface area contributed by atoms with Gasteiger partial charge in [0.05, 0.1) is 15.9 Å². The number of benzene rings is 2. The highest BCUT2D eigenvalue weighted by atomic mass is 79.9. The van der Waals surface area contributed by atoms with Gasteiger partial charge in [0.2, 0.25) is 0 Å². The molecular formula is C15H10Br2N2O2. The van der Waals surface area contributed by atoms with Crippen LogP contribution >= 0.6 is 31.9 Å². The second kappa shape index (κ2) is 5.61. The summed E-state index contributed by atoms with van der Waals surface area (Å²) in [5.74, 6) is 0. The Morgan fingerprint density at radius 1 is 0.905 bits per heavy atom. The van der Waals surface area contributed by atoms with Gasteiger partial charge in [-0.3, -0.25) is 9.59 Å². The largest absolute Gasteiger partial charge is 0.316 e. The van der Waals surface area contributed by atoms with Crippen molar-refractivity contribution in [2.75, 3.05) is 0 Å². The van der Waals surface area contributed by atoms with Gasteiger partial charge in [0, 0.05) is 4.47 Å². The van der Waals surface area contributed by atoms with Gasteiger partial charge in [0.25, 0.3) is 0 Å². The van der Waals surface area contributed by atoms with Crippen LogP contribution in [0.4, 0.5) is 0 Å². The van der Waals surface area contributed by atoms with Crippen LogP contribution in [0.1, 0.15) is 16.0 Å². The summed E-state index contributed by atoms with van der Waals surface area (Å²) in [6, 6.07) is 13.5. The predicted octanol–water partition coefficient (Wildman–Crippen LogP) is 3.46. The molecule has 0 amide bonds. The van der Waals surface area contributed by atoms with Crippen molar-refractivity contribution in [3.05, 3.63) is 78.8 Å². The van der Waals surface area contributed by atoms with Crippen LogP contribution in [0, 0.1) is 0 Å². The van der Waals surface area contributed by atoms with E-state index in [9.17, 15) is 9.59 Å². The molecule has 0 aliphatic rings. The van der Waals surface area contributed by atoms with Crippen molar-refractivity contribution < 1.29 is 0 Å². The molecule has 1 unspecified atom stereocenters. The molecular weight excluding hydrogens is 400 g/mol. The molecule has 2 N–H and O–H groups in total. The van der Waals surface area contributed by atoms with E-state index in [1.165, 1.54) is 0 Å². The first kappa shape index (κ1) is 14.3. The normalized spacial score (nSPS) is 12.5. The van der Waals surface area contributed by atoms with E-state index in [1.54, 1.807) is 6.07 Å². The van der Waals surface area contributed by atoms with Crippen LogP contribution in [0.3, 0.4) is 0 Å². The topological polar surface area (TPSA) is 65.7 Å². The first-order chi connectivity index (χ1) is 10.1. The highest BCUT2D eigenvalue weighted by Gasteiger charge is 2.14. The minimum atomic E-state index is -0.647. The van der Waals surface area contributed by atoms with Crippen LogP contribution in [0.2, 0.25) is 0 Å². The van der Waals surface area contributed by atoms with E-state index in [2.05, 4.69) is 41.8 Å². The zero-order valence-electron chi connectivity index (χ0n) is 10.7. The molecule has 3 rings (SSSR count). The molecule has 0 spiro atoms. The minimum Gasteiger partial charge on any atom is -0.316 e. The summed E-state index contributed by atoms with van der Waals surface area (Å²) in [6.07, 6.45) is 0. The number of fused-ring (bicyclic) bond motifs is 1. The van der Waals surface area contributed by atoms with E-state index in [4.69, 9.17) is 0 Å². The van der Waals surface area contributed by atoms with Crippen LogP contribution in [-0.2, 0) is 0 Å². The van der Waals surface area contributed by atoms with Gasteiger partial charge >= 0.3 is 11.1 Å². The molecule has 0 aliphatic carbocycles. The average molecular weight is 410 g/mol. The minimum absolute atomic E-state index is 0.0205. The number of aromatic nitrogens is 2. The van der Waals surface area contributed by atoms with Gasteiger partial charge < -0.3 is 9.97 Å². The van der Waals surface area contributed by atoms with E-state index in [-0.39, 0.29) is 4.83 Å². The monoisotopic (exact) mass is 408 g/mol. The third-order valence-electron chi connectivity index (χ3n) is 3.22. The van der Waals surface area contributed by atoms with Crippen LogP contribution in [0.25, 0.3) is 11.0 Å². The number of nitrogens with one attached hydrogen (secondary N) is 2. The molecule has 3 aromatic rings. The van der Waals surface area contributed by atoms with Gasteiger partial charge in [0.15, 0.2) is 0 Å². The maximum absolute atomic E-state index is 11.4. The molecule has 0 aliphatic heterocycles. The first-order valence-electron chi connectivity index (χ1n) is 6.21. The first-order valence-corrected chi connectivity index (χ1v) is 7.92. The lowest BCUT2D eigenvalue weighted by Gasteiger charge is -2.13. The average Bonchev–Trinajstić information content (AvgIpc) is 2.48. The number of rotatable bonds is 2. The molecule has 2 aromatic carbocycles. The zero-order chi connectivity index (χ0) is 15.0. The second-order valence-electron chi connectivity index (χ2n) is 4.60. The fourth-order valence-electron chi connectivity index (χ4n) is 2.15. The summed E-state index contributed by atoms with van der Waals surface area (Å²) >= 11 is 7.20. The van der Waals surface area contributed by atoms with Crippen LogP contribution in [0.15, 0.2) is 56.5 Å². The van der Waals surface area contributed by atoms with Crippen LogP contribution < -0.4 is 11.1 Å². The van der Waals surface area contributed by atoms with Crippen molar-refractivity contribution in [2.24, 2.45) is 0 Å². The summed E-state index contributed by atoms with van der Waals surface area (Å²) in [5.41, 5.74) is 1.99. The van der Waals surface area contributed by atoms with E-state index in [0.29, 0.717) is 11.0 Å². The Morgan fingerprint density at radius 3 is 2.29 bits per heavy atom. The number of hydrogen-bond donors (Lipinski definition) is 2. The van der Waals surface area contributed by atoms with Crippen molar-refractivity contribution in [2.45, 2.75) is 4.83 Å². The van der Waals surface area contributed by atoms with Crippen molar-refractivity contribution in [1.29, 1.82) is 0 Å². The molecule has 0 saturated heterocycles. The number of H-pyrrole nitrogens is 2. The molecule has 4 nitrogen and oxygen atoms in total. The van der Waals surface area contributed by atoms with Gasteiger partial charge in [-0.25, -0.2) is 0 Å². The number of alkyl halides is 1. The molecule has 0 saturated carbocycles. The molecule has 1 aromatic heterocycles. The van der Waals surface area contributed by atoms with Gasteiger partial charge in [-0.2, -0.15) is 0 Å². The van der Waals surface area contributed by atoms with Crippen LogP contribution in [-0.4, -0.2) is 9.97 Å². The molecule has 0 fully saturated rings. The smallest absolute Gasteiger partial charge is 0.314 e. The maximum Gasteiger partial charge on any atom is 0.314 e. The summed E-state index contributed by atoms with van der Waals surface area (Å²) in [6.45, 7) is 0.